The van der Waals surface area contributed by atoms with Gasteiger partial charge in [0.25, 0.3) is 5.56 Å². The van der Waals surface area contributed by atoms with Crippen LogP contribution in [-0.2, 0) is 29.1 Å². The fourth-order valence-electron chi connectivity index (χ4n) is 5.78. The minimum atomic E-state index is -2.41. The molecule has 1 saturated heterocycles. The summed E-state index contributed by atoms with van der Waals surface area (Å²) in [6.07, 6.45) is 12.3. The Bertz CT molecular complexity index is 1770. The number of benzene rings is 1. The van der Waals surface area contributed by atoms with E-state index in [1.54, 1.807) is 47.7 Å². The van der Waals surface area contributed by atoms with Gasteiger partial charge < -0.3 is 10.2 Å². The minimum absolute atomic E-state index is 0.248. The fraction of sp³-hybridized carbons (Fsp3) is 0.379. The summed E-state index contributed by atoms with van der Waals surface area (Å²) in [6.45, 7) is 6.51. The lowest BCUT2D eigenvalue weighted by molar-refractivity contribution is 0.222. The molecule has 1 N–H and O–H groups in total. The summed E-state index contributed by atoms with van der Waals surface area (Å²) in [7, 11) is -2.41. The molecule has 11 heteroatoms. The van der Waals surface area contributed by atoms with Crippen LogP contribution in [0.2, 0.25) is 0 Å². The van der Waals surface area contributed by atoms with E-state index in [-0.39, 0.29) is 12.1 Å². The van der Waals surface area contributed by atoms with Gasteiger partial charge in [-0.25, -0.2) is 23.5 Å². The monoisotopic (exact) mass is 558 g/mol. The second kappa shape index (κ2) is 10.6. The molecule has 6 rings (SSSR count). The maximum Gasteiger partial charge on any atom is 0.278 e. The van der Waals surface area contributed by atoms with Crippen molar-refractivity contribution in [3.63, 3.8) is 0 Å². The third kappa shape index (κ3) is 5.31. The van der Waals surface area contributed by atoms with Gasteiger partial charge in [0.05, 0.1) is 6.54 Å². The zero-order chi connectivity index (χ0) is 27.9. The highest BCUT2D eigenvalue weighted by Gasteiger charge is 2.26. The topological polar surface area (TPSA) is 110 Å². The highest BCUT2D eigenvalue weighted by Crippen LogP contribution is 2.29. The molecule has 208 valence electrons. The lowest BCUT2D eigenvalue weighted by Crippen LogP contribution is -2.37. The number of likely N-dealkylation sites (tertiary alicyclic amines) is 1. The highest BCUT2D eigenvalue weighted by molar-refractivity contribution is 7.92. The van der Waals surface area contributed by atoms with Gasteiger partial charge in [0.1, 0.15) is 5.39 Å². The Morgan fingerprint density at radius 1 is 1.15 bits per heavy atom. The lowest BCUT2D eigenvalue weighted by atomic mass is 9.87. The molecule has 40 heavy (non-hydrogen) atoms. The summed E-state index contributed by atoms with van der Waals surface area (Å²) >= 11 is 0. The Morgan fingerprint density at radius 2 is 1.98 bits per heavy atom. The van der Waals surface area contributed by atoms with Gasteiger partial charge in [-0.15, -0.1) is 6.58 Å². The highest BCUT2D eigenvalue weighted by atomic mass is 32.2. The molecule has 1 fully saturated rings. The van der Waals surface area contributed by atoms with E-state index in [2.05, 4.69) is 49.3 Å². The predicted molar refractivity (Wildman–Crippen MR) is 160 cm³/mol. The fourth-order valence-corrected chi connectivity index (χ4v) is 6.33. The van der Waals surface area contributed by atoms with Gasteiger partial charge in [-0.1, -0.05) is 18.2 Å². The molecule has 0 radical (unpaired) electrons. The Balaban J connectivity index is 1.34. The second-order valence-corrected chi connectivity index (χ2v) is 13.3. The van der Waals surface area contributed by atoms with Crippen molar-refractivity contribution in [3.05, 3.63) is 76.7 Å². The van der Waals surface area contributed by atoms with Crippen molar-refractivity contribution in [2.45, 2.75) is 44.7 Å². The van der Waals surface area contributed by atoms with Gasteiger partial charge in [0.15, 0.2) is 17.3 Å². The molecular weight excluding hydrogens is 524 g/mol. The van der Waals surface area contributed by atoms with Gasteiger partial charge in [0.2, 0.25) is 5.95 Å². The molecule has 2 aliphatic rings. The van der Waals surface area contributed by atoms with Crippen molar-refractivity contribution in [3.8, 4) is 5.82 Å². The van der Waals surface area contributed by atoms with Crippen LogP contribution in [0.5, 0.6) is 0 Å². The average Bonchev–Trinajstić information content (AvgIpc) is 3.55. The van der Waals surface area contributed by atoms with Crippen LogP contribution in [0.25, 0.3) is 16.9 Å². The SMILES string of the molecule is C=CCn1c(=O)c2cnc(Nc3ccc4c(c3)CCC(N3CCCC3)C4)nc2n1-c1cccc(N=S(C)(C)=O)n1. The van der Waals surface area contributed by atoms with E-state index in [4.69, 9.17) is 4.98 Å². The van der Waals surface area contributed by atoms with E-state index in [9.17, 15) is 9.00 Å². The predicted octanol–water partition coefficient (Wildman–Crippen LogP) is 4.22. The van der Waals surface area contributed by atoms with Crippen LogP contribution in [-0.4, -0.2) is 65.1 Å². The molecule has 1 aliphatic heterocycles. The first-order chi connectivity index (χ1) is 19.3. The number of pyridine rings is 1. The smallest absolute Gasteiger partial charge is 0.278 e. The number of nitrogens with zero attached hydrogens (tertiary/aromatic N) is 7. The van der Waals surface area contributed by atoms with E-state index < -0.39 is 9.73 Å². The molecule has 1 unspecified atom stereocenters. The Hall–Kier alpha value is -3.83. The first-order valence-electron chi connectivity index (χ1n) is 13.7. The van der Waals surface area contributed by atoms with E-state index in [1.807, 2.05) is 0 Å². The zero-order valence-electron chi connectivity index (χ0n) is 22.9. The van der Waals surface area contributed by atoms with Gasteiger partial charge in [0, 0.05) is 40.2 Å². The quantitative estimate of drug-likeness (QED) is 0.338. The van der Waals surface area contributed by atoms with E-state index in [0.717, 1.165) is 18.5 Å². The largest absolute Gasteiger partial charge is 0.324 e. The van der Waals surface area contributed by atoms with Gasteiger partial charge in [-0.2, -0.15) is 9.35 Å². The zero-order valence-corrected chi connectivity index (χ0v) is 23.7. The molecule has 0 spiro atoms. The summed E-state index contributed by atoms with van der Waals surface area (Å²) in [6, 6.07) is 12.3. The van der Waals surface area contributed by atoms with Gasteiger partial charge in [-0.3, -0.25) is 4.79 Å². The third-order valence-corrected chi connectivity index (χ3v) is 8.18. The van der Waals surface area contributed by atoms with Crippen LogP contribution < -0.4 is 10.9 Å². The number of nitrogens with one attached hydrogen (secondary N) is 1. The summed E-state index contributed by atoms with van der Waals surface area (Å²) in [5.74, 6) is 1.14. The maximum atomic E-state index is 13.3. The maximum absolute atomic E-state index is 13.3. The van der Waals surface area contributed by atoms with Gasteiger partial charge >= 0.3 is 0 Å². The number of rotatable bonds is 7. The third-order valence-electron chi connectivity index (χ3n) is 7.55. The summed E-state index contributed by atoms with van der Waals surface area (Å²) in [5, 5.41) is 3.71. The Labute approximate surface area is 233 Å². The molecule has 1 aromatic carbocycles. The molecule has 1 atom stereocenters. The van der Waals surface area contributed by atoms with Crippen LogP contribution in [0.3, 0.4) is 0 Å². The molecule has 0 amide bonds. The van der Waals surface area contributed by atoms with E-state index in [1.165, 1.54) is 48.2 Å². The standard InChI is InChI=1S/C29H34N8O2S/c1-4-14-36-28(38)24-19-30-29(33-27(24)37(36)26-9-7-8-25(32-26)34-40(2,3)39)31-22-12-10-21-18-23(13-11-20(21)17-22)35-15-5-6-16-35/h4,7-10,12,17,19,23H,1,5-6,11,13-16,18H2,2-3H3,(H,30,31,33). The molecule has 0 saturated carbocycles. The van der Waals surface area contributed by atoms with Crippen molar-refractivity contribution < 1.29 is 4.21 Å². The number of aryl methyl sites for hydroxylation is 1. The van der Waals surface area contributed by atoms with Gasteiger partial charge in [-0.05, 0) is 80.6 Å². The van der Waals surface area contributed by atoms with Crippen LogP contribution in [0, 0.1) is 0 Å². The summed E-state index contributed by atoms with van der Waals surface area (Å²) in [4.78, 5) is 29.7. The number of anilines is 2. The molecule has 1 aliphatic carbocycles. The van der Waals surface area contributed by atoms with Crippen LogP contribution >= 0.6 is 0 Å². The minimum Gasteiger partial charge on any atom is -0.324 e. The molecule has 4 aromatic rings. The first-order valence-corrected chi connectivity index (χ1v) is 16.0. The van der Waals surface area contributed by atoms with Crippen molar-refractivity contribution in [2.75, 3.05) is 30.9 Å². The Morgan fingerprint density at radius 3 is 2.75 bits per heavy atom. The van der Waals surface area contributed by atoms with Crippen LogP contribution in [0.15, 0.2) is 64.4 Å². The normalized spacial score (nSPS) is 17.6. The van der Waals surface area contributed by atoms with Crippen molar-refractivity contribution in [1.82, 2.24) is 29.2 Å². The second-order valence-electron chi connectivity index (χ2n) is 10.8. The molecular formula is C29H34N8O2S. The Kier molecular flexibility index (Phi) is 7.01. The lowest BCUT2D eigenvalue weighted by Gasteiger charge is -2.32. The number of allylic oxidation sites excluding steroid dienone is 1. The van der Waals surface area contributed by atoms with Crippen molar-refractivity contribution in [1.29, 1.82) is 0 Å². The summed E-state index contributed by atoms with van der Waals surface area (Å²) in [5.41, 5.74) is 3.86. The number of aromatic nitrogens is 5. The molecule has 0 bridgehead atoms. The van der Waals surface area contributed by atoms with Crippen LogP contribution in [0.1, 0.15) is 30.4 Å². The van der Waals surface area contributed by atoms with Crippen molar-refractivity contribution in [2.24, 2.45) is 4.36 Å². The molecule has 10 nitrogen and oxygen atoms in total. The van der Waals surface area contributed by atoms with Crippen LogP contribution in [0.4, 0.5) is 17.5 Å². The number of fused-ring (bicyclic) bond motifs is 2. The number of hydrogen-bond donors (Lipinski definition) is 1. The molecule has 3 aromatic heterocycles. The average molecular weight is 559 g/mol. The van der Waals surface area contributed by atoms with Crippen molar-refractivity contribution >= 4 is 38.2 Å². The summed E-state index contributed by atoms with van der Waals surface area (Å²) < 4.78 is 19.6. The van der Waals surface area contributed by atoms with E-state index >= 15 is 0 Å². The first kappa shape index (κ1) is 26.4. The number of hydrogen-bond acceptors (Lipinski definition) is 8. The molecule has 4 heterocycles. The van der Waals surface area contributed by atoms with E-state index in [0.29, 0.717) is 34.7 Å².